The Hall–Kier alpha value is -2.57. The van der Waals surface area contributed by atoms with Gasteiger partial charge < -0.3 is 14.9 Å². The summed E-state index contributed by atoms with van der Waals surface area (Å²) in [5, 5.41) is 17.7. The van der Waals surface area contributed by atoms with Crippen molar-refractivity contribution in [2.24, 2.45) is 0 Å². The lowest BCUT2D eigenvalue weighted by atomic mass is 10.1. The van der Waals surface area contributed by atoms with Gasteiger partial charge in [0.05, 0.1) is 7.11 Å². The quantitative estimate of drug-likeness (QED) is 0.660. The molecule has 25 heavy (non-hydrogen) atoms. The van der Waals surface area contributed by atoms with Crippen LogP contribution in [0.5, 0.6) is 0 Å². The Balaban J connectivity index is 0.000000796. The van der Waals surface area contributed by atoms with Gasteiger partial charge in [-0.05, 0) is 12.8 Å². The molecule has 0 aliphatic carbocycles. The van der Waals surface area contributed by atoms with Gasteiger partial charge in [0.1, 0.15) is 6.04 Å². The predicted octanol–water partition coefficient (Wildman–Crippen LogP) is 3.25. The van der Waals surface area contributed by atoms with Crippen molar-refractivity contribution in [1.82, 2.24) is 4.90 Å². The van der Waals surface area contributed by atoms with Gasteiger partial charge in [-0.1, -0.05) is 56.2 Å². The highest BCUT2D eigenvalue weighted by molar-refractivity contribution is 5.80. The zero-order valence-corrected chi connectivity index (χ0v) is 14.8. The molecule has 2 N–H and O–H groups in total. The molecule has 0 fully saturated rings. The normalized spacial score (nSPS) is 10.8. The molecular weight excluding hydrogens is 326 g/mol. The van der Waals surface area contributed by atoms with Gasteiger partial charge in [-0.3, -0.25) is 9.69 Å². The van der Waals surface area contributed by atoms with Crippen molar-refractivity contribution in [1.29, 1.82) is 0 Å². The second kappa shape index (κ2) is 13.8. The van der Waals surface area contributed by atoms with Gasteiger partial charge >= 0.3 is 18.0 Å². The second-order valence-electron chi connectivity index (χ2n) is 5.31. The van der Waals surface area contributed by atoms with E-state index in [0.717, 1.165) is 17.7 Å². The summed E-state index contributed by atoms with van der Waals surface area (Å²) < 4.78 is 4.56. The number of hydrogen-bond donors (Lipinski definition) is 2. The lowest BCUT2D eigenvalue weighted by molar-refractivity contribution is -0.144. The number of amides is 1. The Bertz CT molecular complexity index is 479. The predicted molar refractivity (Wildman–Crippen MR) is 93.4 cm³/mol. The lowest BCUT2D eigenvalue weighted by Crippen LogP contribution is -2.45. The maximum Gasteiger partial charge on any atom is 0.410 e. The van der Waals surface area contributed by atoms with E-state index < -0.39 is 24.1 Å². The summed E-state index contributed by atoms with van der Waals surface area (Å²) in [4.78, 5) is 34.4. The largest absolute Gasteiger partial charge is 0.481 e. The molecule has 0 saturated carbocycles. The molecule has 0 aliphatic heterocycles. The first kappa shape index (κ1) is 22.4. The number of hydrogen-bond acceptors (Lipinski definition) is 4. The first-order valence-electron chi connectivity index (χ1n) is 8.23. The number of carboxylic acid groups (broad SMARTS) is 2. The van der Waals surface area contributed by atoms with Crippen LogP contribution in [-0.2, 0) is 14.3 Å². The number of carbonyl (C=O) groups is 3. The minimum atomic E-state index is -1.22. The summed E-state index contributed by atoms with van der Waals surface area (Å²) in [6, 6.07) is 10.8. The standard InChI is InChI=1S/C12H21NO6.C6H6/c1-3-4-5-8-13(12(18)19-2)9(11(16)17)6-7-10(14)15;1-2-4-6-5-3-1/h9H,3-8H2,1-2H3,(H,14,15)(H,16,17);1-6H. The third-order valence-corrected chi connectivity index (χ3v) is 3.37. The van der Waals surface area contributed by atoms with Crippen molar-refractivity contribution in [3.63, 3.8) is 0 Å². The smallest absolute Gasteiger partial charge is 0.410 e. The molecule has 0 bridgehead atoms. The molecule has 1 aromatic rings. The van der Waals surface area contributed by atoms with Gasteiger partial charge in [0, 0.05) is 13.0 Å². The molecule has 1 rings (SSSR count). The highest BCUT2D eigenvalue weighted by Gasteiger charge is 2.30. The van der Waals surface area contributed by atoms with Crippen LogP contribution in [-0.4, -0.2) is 52.8 Å². The number of ether oxygens (including phenoxy) is 1. The summed E-state index contributed by atoms with van der Waals surface area (Å²) >= 11 is 0. The van der Waals surface area contributed by atoms with Crippen LogP contribution in [0.3, 0.4) is 0 Å². The molecule has 0 aliphatic rings. The molecule has 1 amide bonds. The molecule has 7 heteroatoms. The zero-order valence-electron chi connectivity index (χ0n) is 14.8. The van der Waals surface area contributed by atoms with Crippen molar-refractivity contribution in [3.8, 4) is 0 Å². The summed E-state index contributed by atoms with van der Waals surface area (Å²) in [5.74, 6) is -2.31. The van der Waals surface area contributed by atoms with Crippen LogP contribution in [0.4, 0.5) is 4.79 Å². The molecule has 140 valence electrons. The van der Waals surface area contributed by atoms with Crippen LogP contribution in [0.1, 0.15) is 39.0 Å². The maximum absolute atomic E-state index is 11.6. The number of unbranched alkanes of at least 4 members (excludes halogenated alkanes) is 2. The fraction of sp³-hybridized carbons (Fsp3) is 0.500. The van der Waals surface area contributed by atoms with Crippen molar-refractivity contribution < 1.29 is 29.3 Å². The van der Waals surface area contributed by atoms with Crippen LogP contribution in [0.2, 0.25) is 0 Å². The number of carbonyl (C=O) groups excluding carboxylic acids is 1. The summed E-state index contributed by atoms with van der Waals surface area (Å²) in [7, 11) is 1.17. The molecule has 1 unspecified atom stereocenters. The molecule has 0 saturated heterocycles. The molecule has 0 aromatic heterocycles. The first-order valence-corrected chi connectivity index (χ1v) is 8.23. The van der Waals surface area contributed by atoms with Crippen LogP contribution in [0.15, 0.2) is 36.4 Å². The van der Waals surface area contributed by atoms with Gasteiger partial charge in [-0.25, -0.2) is 9.59 Å². The monoisotopic (exact) mass is 353 g/mol. The SMILES string of the molecule is CCCCCN(C(=O)OC)C(CCC(=O)O)C(=O)O.c1ccccc1. The van der Waals surface area contributed by atoms with Crippen LogP contribution in [0.25, 0.3) is 0 Å². The minimum absolute atomic E-state index is 0.133. The Morgan fingerprint density at radius 2 is 1.52 bits per heavy atom. The third-order valence-electron chi connectivity index (χ3n) is 3.37. The fourth-order valence-corrected chi connectivity index (χ4v) is 2.08. The maximum atomic E-state index is 11.6. The van der Waals surface area contributed by atoms with Gasteiger partial charge in [-0.15, -0.1) is 0 Å². The molecule has 7 nitrogen and oxygen atoms in total. The van der Waals surface area contributed by atoms with Crippen molar-refractivity contribution in [3.05, 3.63) is 36.4 Å². The number of rotatable bonds is 9. The van der Waals surface area contributed by atoms with E-state index >= 15 is 0 Å². The molecule has 1 aromatic carbocycles. The Labute approximate surface area is 148 Å². The van der Waals surface area contributed by atoms with E-state index in [1.807, 2.05) is 43.3 Å². The van der Waals surface area contributed by atoms with Crippen molar-refractivity contribution in [2.75, 3.05) is 13.7 Å². The Morgan fingerprint density at radius 1 is 1.00 bits per heavy atom. The lowest BCUT2D eigenvalue weighted by Gasteiger charge is -2.27. The zero-order chi connectivity index (χ0) is 19.1. The Kier molecular flexibility index (Phi) is 12.4. The van der Waals surface area contributed by atoms with Crippen molar-refractivity contribution >= 4 is 18.0 Å². The molecule has 0 radical (unpaired) electrons. The van der Waals surface area contributed by atoms with Gasteiger partial charge in [0.2, 0.25) is 0 Å². The van der Waals surface area contributed by atoms with E-state index in [2.05, 4.69) is 4.74 Å². The topological polar surface area (TPSA) is 104 Å². The van der Waals surface area contributed by atoms with Gasteiger partial charge in [0.15, 0.2) is 0 Å². The van der Waals surface area contributed by atoms with E-state index in [-0.39, 0.29) is 19.4 Å². The number of aliphatic carboxylic acids is 2. The minimum Gasteiger partial charge on any atom is -0.481 e. The Morgan fingerprint density at radius 3 is 1.88 bits per heavy atom. The number of benzene rings is 1. The molecular formula is C18H27NO6. The van der Waals surface area contributed by atoms with Crippen molar-refractivity contribution in [2.45, 2.75) is 45.1 Å². The van der Waals surface area contributed by atoms with E-state index in [9.17, 15) is 14.4 Å². The fourth-order valence-electron chi connectivity index (χ4n) is 2.08. The molecule has 0 spiro atoms. The highest BCUT2D eigenvalue weighted by Crippen LogP contribution is 2.12. The van der Waals surface area contributed by atoms with Crippen LogP contribution >= 0.6 is 0 Å². The summed E-state index contributed by atoms with van der Waals surface area (Å²) in [6.45, 7) is 2.23. The summed E-state index contributed by atoms with van der Waals surface area (Å²) in [6.07, 6.45) is 1.27. The second-order valence-corrected chi connectivity index (χ2v) is 5.31. The first-order chi connectivity index (χ1) is 11.9. The van der Waals surface area contributed by atoms with E-state index in [1.54, 1.807) is 0 Å². The molecule has 1 atom stereocenters. The summed E-state index contributed by atoms with van der Waals surface area (Å²) in [5.41, 5.74) is 0. The van der Waals surface area contributed by atoms with Gasteiger partial charge in [0.25, 0.3) is 0 Å². The van der Waals surface area contributed by atoms with E-state index in [0.29, 0.717) is 6.42 Å². The number of carboxylic acids is 2. The average Bonchev–Trinajstić information content (AvgIpc) is 2.61. The third kappa shape index (κ3) is 10.8. The van der Waals surface area contributed by atoms with E-state index in [1.165, 1.54) is 7.11 Å². The number of nitrogens with zero attached hydrogens (tertiary/aromatic N) is 1. The average molecular weight is 353 g/mol. The highest BCUT2D eigenvalue weighted by atomic mass is 16.5. The van der Waals surface area contributed by atoms with Crippen LogP contribution < -0.4 is 0 Å². The van der Waals surface area contributed by atoms with E-state index in [4.69, 9.17) is 10.2 Å². The van der Waals surface area contributed by atoms with Gasteiger partial charge in [-0.2, -0.15) is 0 Å². The number of methoxy groups -OCH3 is 1. The van der Waals surface area contributed by atoms with Crippen LogP contribution in [0, 0.1) is 0 Å². The molecule has 0 heterocycles.